The molecule has 1 amide bonds. The molecule has 0 saturated heterocycles. The van der Waals surface area contributed by atoms with Crippen LogP contribution in [0.15, 0.2) is 54.9 Å². The summed E-state index contributed by atoms with van der Waals surface area (Å²) in [6, 6.07) is 13.9. The minimum Gasteiger partial charge on any atom is -0.618 e. The van der Waals surface area contributed by atoms with Crippen LogP contribution in [0.4, 0.5) is 10.5 Å². The standard InChI is InChI=1S/C27H22ClN5O5/c1-37-23-19-9-10-27(35,24(19)33(36)14-21(23)20-11-17(28)6-3-16(20)12-29)25-30-13-22(32-25)15-4-7-18(8-5-15)31-26(34)38-2/h3-8,11,13-14,35H,9-10H2,1-2H3,(H,30,32)(H,31,34). The minimum absolute atomic E-state index is 0.108. The molecule has 0 radical (unpaired) electrons. The molecule has 0 spiro atoms. The molecular weight excluding hydrogens is 510 g/mol. The minimum atomic E-state index is -1.69. The molecule has 2 aromatic heterocycles. The number of carbonyl (C=O) groups is 1. The van der Waals surface area contributed by atoms with E-state index in [2.05, 4.69) is 26.1 Å². The number of methoxy groups -OCH3 is 2. The fourth-order valence-electron chi connectivity index (χ4n) is 4.80. The summed E-state index contributed by atoms with van der Waals surface area (Å²) in [5.74, 6) is 0.602. The Labute approximate surface area is 222 Å². The maximum absolute atomic E-state index is 13.4. The summed E-state index contributed by atoms with van der Waals surface area (Å²) >= 11 is 6.18. The lowest BCUT2D eigenvalue weighted by molar-refractivity contribution is -0.620. The lowest BCUT2D eigenvalue weighted by Crippen LogP contribution is -2.42. The molecule has 2 aromatic carbocycles. The number of rotatable bonds is 5. The normalized spacial score (nSPS) is 16.0. The molecule has 10 nitrogen and oxygen atoms in total. The number of imidazole rings is 1. The van der Waals surface area contributed by atoms with Gasteiger partial charge in [0.1, 0.15) is 11.6 Å². The van der Waals surface area contributed by atoms with Crippen molar-refractivity contribution in [3.63, 3.8) is 0 Å². The van der Waals surface area contributed by atoms with Crippen LogP contribution in [0.1, 0.15) is 29.1 Å². The van der Waals surface area contributed by atoms with Gasteiger partial charge in [-0.1, -0.05) is 23.7 Å². The molecule has 5 rings (SSSR count). The van der Waals surface area contributed by atoms with E-state index in [9.17, 15) is 20.4 Å². The van der Waals surface area contributed by atoms with E-state index >= 15 is 0 Å². The Morgan fingerprint density at radius 1 is 1.26 bits per heavy atom. The molecule has 2 heterocycles. The van der Waals surface area contributed by atoms with Crippen LogP contribution in [0.5, 0.6) is 5.75 Å². The van der Waals surface area contributed by atoms with E-state index in [4.69, 9.17) is 16.3 Å². The molecule has 192 valence electrons. The number of aromatic amines is 1. The van der Waals surface area contributed by atoms with Gasteiger partial charge in [0, 0.05) is 16.3 Å². The summed E-state index contributed by atoms with van der Waals surface area (Å²) in [6.07, 6.45) is 2.82. The Bertz CT molecular complexity index is 1590. The average Bonchev–Trinajstić information content (AvgIpc) is 3.56. The first-order chi connectivity index (χ1) is 18.3. The maximum atomic E-state index is 13.4. The monoisotopic (exact) mass is 531 g/mol. The van der Waals surface area contributed by atoms with Gasteiger partial charge >= 0.3 is 6.09 Å². The van der Waals surface area contributed by atoms with E-state index in [0.717, 1.165) is 5.56 Å². The Hall–Kier alpha value is -4.59. The van der Waals surface area contributed by atoms with Gasteiger partial charge in [0.05, 0.1) is 48.9 Å². The molecule has 0 fully saturated rings. The van der Waals surface area contributed by atoms with Crippen LogP contribution in [0.25, 0.3) is 22.4 Å². The van der Waals surface area contributed by atoms with Crippen LogP contribution in [0.2, 0.25) is 5.02 Å². The van der Waals surface area contributed by atoms with Crippen LogP contribution in [-0.4, -0.2) is 35.4 Å². The molecule has 38 heavy (non-hydrogen) atoms. The Kier molecular flexibility index (Phi) is 6.40. The zero-order chi connectivity index (χ0) is 27.0. The number of H-pyrrole nitrogens is 1. The smallest absolute Gasteiger partial charge is 0.411 e. The van der Waals surface area contributed by atoms with Gasteiger partial charge in [-0.05, 0) is 48.7 Å². The Balaban J connectivity index is 1.54. The van der Waals surface area contributed by atoms with E-state index in [1.807, 2.05) is 0 Å². The molecule has 3 N–H and O–H groups in total. The number of carbonyl (C=O) groups excluding carboxylic acids is 1. The number of ether oxygens (including phenoxy) is 2. The number of nitrogens with one attached hydrogen (secondary N) is 2. The van der Waals surface area contributed by atoms with Crippen molar-refractivity contribution in [2.45, 2.75) is 18.4 Å². The number of nitrogens with zero attached hydrogens (tertiary/aromatic N) is 3. The van der Waals surface area contributed by atoms with Gasteiger partial charge in [-0.2, -0.15) is 9.99 Å². The summed E-state index contributed by atoms with van der Waals surface area (Å²) < 4.78 is 10.9. The zero-order valence-electron chi connectivity index (χ0n) is 20.4. The molecule has 11 heteroatoms. The van der Waals surface area contributed by atoms with Gasteiger partial charge < -0.3 is 24.8 Å². The summed E-state index contributed by atoms with van der Waals surface area (Å²) in [7, 11) is 2.76. The van der Waals surface area contributed by atoms with E-state index in [0.29, 0.717) is 55.6 Å². The molecule has 0 bridgehead atoms. The highest BCUT2D eigenvalue weighted by atomic mass is 35.5. The number of pyridine rings is 1. The molecular formula is C27H22ClN5O5. The third-order valence-corrected chi connectivity index (χ3v) is 6.83. The fourth-order valence-corrected chi connectivity index (χ4v) is 4.98. The Morgan fingerprint density at radius 3 is 2.71 bits per heavy atom. The first kappa shape index (κ1) is 25.1. The van der Waals surface area contributed by atoms with E-state index in [1.165, 1.54) is 20.4 Å². The number of hydrogen-bond acceptors (Lipinski definition) is 7. The van der Waals surface area contributed by atoms with Crippen LogP contribution in [0.3, 0.4) is 0 Å². The second-order valence-corrected chi connectivity index (χ2v) is 9.17. The molecule has 1 aliphatic rings. The van der Waals surface area contributed by atoms with Gasteiger partial charge in [-0.15, -0.1) is 0 Å². The first-order valence-corrected chi connectivity index (χ1v) is 11.9. The Morgan fingerprint density at radius 2 is 2.03 bits per heavy atom. The summed E-state index contributed by atoms with van der Waals surface area (Å²) in [5, 5.41) is 37.7. The summed E-state index contributed by atoms with van der Waals surface area (Å²) in [6.45, 7) is 0. The SMILES string of the molecule is COC(=O)Nc1ccc(-c2cnc(C3(O)CCc4c(OC)c(-c5cc(Cl)ccc5C#N)c[n+]([O-])c43)[nH]2)cc1. The fraction of sp³-hybridized carbons (Fsp3) is 0.185. The number of anilines is 1. The third kappa shape index (κ3) is 4.18. The van der Waals surface area contributed by atoms with Crippen LogP contribution in [0, 0.1) is 16.5 Å². The highest BCUT2D eigenvalue weighted by molar-refractivity contribution is 6.31. The van der Waals surface area contributed by atoms with Gasteiger partial charge in [-0.25, -0.2) is 9.78 Å². The molecule has 0 saturated carbocycles. The second-order valence-electron chi connectivity index (χ2n) is 8.73. The number of aromatic nitrogens is 3. The van der Waals surface area contributed by atoms with Crippen LogP contribution < -0.4 is 14.8 Å². The molecule has 4 aromatic rings. The van der Waals surface area contributed by atoms with Crippen molar-refractivity contribution >= 4 is 23.4 Å². The van der Waals surface area contributed by atoms with Crippen LogP contribution >= 0.6 is 11.6 Å². The summed E-state index contributed by atoms with van der Waals surface area (Å²) in [4.78, 5) is 18.9. The van der Waals surface area contributed by atoms with Gasteiger partial charge in [0.2, 0.25) is 11.3 Å². The van der Waals surface area contributed by atoms with Gasteiger partial charge in [-0.3, -0.25) is 5.32 Å². The van der Waals surface area contributed by atoms with Crippen molar-refractivity contribution in [2.24, 2.45) is 0 Å². The lowest BCUT2D eigenvalue weighted by atomic mass is 9.96. The lowest BCUT2D eigenvalue weighted by Gasteiger charge is -2.21. The van der Waals surface area contributed by atoms with Crippen LogP contribution in [-0.2, 0) is 16.8 Å². The molecule has 1 aliphatic carbocycles. The van der Waals surface area contributed by atoms with E-state index in [1.54, 1.807) is 48.7 Å². The van der Waals surface area contributed by atoms with Crippen molar-refractivity contribution in [1.29, 1.82) is 5.26 Å². The van der Waals surface area contributed by atoms with Crippen molar-refractivity contribution < 1.29 is 24.1 Å². The summed E-state index contributed by atoms with van der Waals surface area (Å²) in [5.41, 5.74) is 2.08. The van der Waals surface area contributed by atoms with Gasteiger partial charge in [0.25, 0.3) is 0 Å². The molecule has 1 unspecified atom stereocenters. The van der Waals surface area contributed by atoms with Gasteiger partial charge in [0.15, 0.2) is 6.20 Å². The number of nitriles is 1. The predicted molar refractivity (Wildman–Crippen MR) is 138 cm³/mol. The van der Waals surface area contributed by atoms with Crippen molar-refractivity contribution in [3.05, 3.63) is 87.7 Å². The number of benzene rings is 2. The quantitative estimate of drug-likeness (QED) is 0.257. The highest BCUT2D eigenvalue weighted by Crippen LogP contribution is 2.46. The predicted octanol–water partition coefficient (Wildman–Crippen LogP) is 4.27. The van der Waals surface area contributed by atoms with Crippen molar-refractivity contribution in [2.75, 3.05) is 19.5 Å². The average molecular weight is 532 g/mol. The number of fused-ring (bicyclic) bond motifs is 1. The molecule has 0 aliphatic heterocycles. The second kappa shape index (κ2) is 9.70. The highest BCUT2D eigenvalue weighted by Gasteiger charge is 2.50. The van der Waals surface area contributed by atoms with Crippen molar-refractivity contribution in [1.82, 2.24) is 9.97 Å². The largest absolute Gasteiger partial charge is 0.618 e. The topological polar surface area (TPSA) is 147 Å². The zero-order valence-corrected chi connectivity index (χ0v) is 21.2. The number of halogens is 1. The third-order valence-electron chi connectivity index (χ3n) is 6.59. The number of amides is 1. The first-order valence-electron chi connectivity index (χ1n) is 11.6. The maximum Gasteiger partial charge on any atom is 0.411 e. The van der Waals surface area contributed by atoms with E-state index in [-0.39, 0.29) is 17.9 Å². The van der Waals surface area contributed by atoms with E-state index < -0.39 is 11.7 Å². The molecule has 1 atom stereocenters. The number of hydrogen-bond donors (Lipinski definition) is 3. The van der Waals surface area contributed by atoms with Crippen molar-refractivity contribution in [3.8, 4) is 34.2 Å². The number of aliphatic hydroxyl groups is 1.